The number of rotatable bonds is 6. The molecule has 0 saturated heterocycles. The molecule has 0 spiro atoms. The van der Waals surface area contributed by atoms with Crippen molar-refractivity contribution < 1.29 is 22.7 Å². The number of fused-ring (bicyclic) bond motifs is 1. The average Bonchev–Trinajstić information content (AvgIpc) is 3.09. The predicted molar refractivity (Wildman–Crippen MR) is 110 cm³/mol. The minimum atomic E-state index is -4.65. The zero-order valence-corrected chi connectivity index (χ0v) is 16.6. The highest BCUT2D eigenvalue weighted by atomic mass is 19.4. The van der Waals surface area contributed by atoms with Crippen molar-refractivity contribution in [2.24, 2.45) is 0 Å². The number of aromatic nitrogens is 4. The molecule has 1 amide bonds. The molecule has 0 aliphatic heterocycles. The van der Waals surface area contributed by atoms with E-state index in [0.29, 0.717) is 17.7 Å². The summed E-state index contributed by atoms with van der Waals surface area (Å²) >= 11 is 0. The number of methoxy groups -OCH3 is 1. The Kier molecular flexibility index (Phi) is 5.39. The molecule has 2 aromatic carbocycles. The zero-order chi connectivity index (χ0) is 22.9. The molecule has 2 N–H and O–H groups in total. The molecule has 11 heteroatoms. The molecule has 0 bridgehead atoms. The summed E-state index contributed by atoms with van der Waals surface area (Å²) in [7, 11) is 1.48. The van der Waals surface area contributed by atoms with E-state index in [1.54, 1.807) is 24.3 Å². The van der Waals surface area contributed by atoms with E-state index < -0.39 is 17.4 Å². The second-order valence-electron chi connectivity index (χ2n) is 6.73. The standard InChI is InChI=1S/C21H16F3N5O3/c1-32-15-9-5-2-6-12(15)10-29-19-16(26-20(29)31)18(25-11-30)27-17(28-19)13-7-3-4-8-14(13)21(22,23)24/h2-9,11H,10H2,1H3,(H,26,31)(H,25,27,28,30). The van der Waals surface area contributed by atoms with Gasteiger partial charge in [0.15, 0.2) is 17.3 Å². The lowest BCUT2D eigenvalue weighted by atomic mass is 10.1. The molecular formula is C21H16F3N5O3. The second kappa shape index (κ2) is 8.17. The van der Waals surface area contributed by atoms with Gasteiger partial charge < -0.3 is 15.0 Å². The van der Waals surface area contributed by atoms with Crippen molar-refractivity contribution in [1.82, 2.24) is 19.5 Å². The van der Waals surface area contributed by atoms with Crippen LogP contribution in [0.4, 0.5) is 19.0 Å². The molecule has 0 fully saturated rings. The molecule has 0 saturated carbocycles. The number of halogens is 3. The van der Waals surface area contributed by atoms with Gasteiger partial charge >= 0.3 is 11.9 Å². The number of hydrogen-bond donors (Lipinski definition) is 2. The van der Waals surface area contributed by atoms with Crippen LogP contribution in [-0.2, 0) is 17.5 Å². The van der Waals surface area contributed by atoms with Gasteiger partial charge in [0.1, 0.15) is 11.3 Å². The van der Waals surface area contributed by atoms with Crippen LogP contribution in [0.15, 0.2) is 53.3 Å². The summed E-state index contributed by atoms with van der Waals surface area (Å²) in [6, 6.07) is 11.8. The number of aromatic amines is 1. The van der Waals surface area contributed by atoms with Crippen molar-refractivity contribution in [2.75, 3.05) is 12.4 Å². The van der Waals surface area contributed by atoms with E-state index in [1.165, 1.54) is 29.9 Å². The third-order valence-corrected chi connectivity index (χ3v) is 4.81. The number of hydrogen-bond acceptors (Lipinski definition) is 5. The number of alkyl halides is 3. The first-order valence-electron chi connectivity index (χ1n) is 9.32. The van der Waals surface area contributed by atoms with E-state index in [0.717, 1.165) is 6.07 Å². The van der Waals surface area contributed by atoms with E-state index in [-0.39, 0.29) is 34.9 Å². The van der Waals surface area contributed by atoms with E-state index in [1.807, 2.05) is 0 Å². The van der Waals surface area contributed by atoms with Crippen LogP contribution in [0, 0.1) is 0 Å². The Morgan fingerprint density at radius 1 is 1.12 bits per heavy atom. The largest absolute Gasteiger partial charge is 0.496 e. The first kappa shape index (κ1) is 21.1. The number of anilines is 1. The fourth-order valence-electron chi connectivity index (χ4n) is 3.39. The SMILES string of the molecule is COc1ccccc1Cn1c(=O)[nH]c2c(NC=O)nc(-c3ccccc3C(F)(F)F)nc21. The number of nitrogens with one attached hydrogen (secondary N) is 2. The third kappa shape index (κ3) is 3.80. The molecule has 4 rings (SSSR count). The lowest BCUT2D eigenvalue weighted by molar-refractivity contribution is -0.137. The minimum Gasteiger partial charge on any atom is -0.496 e. The van der Waals surface area contributed by atoms with Crippen molar-refractivity contribution in [2.45, 2.75) is 12.7 Å². The Labute approximate surface area is 178 Å². The van der Waals surface area contributed by atoms with Crippen molar-refractivity contribution in [3.63, 3.8) is 0 Å². The van der Waals surface area contributed by atoms with Gasteiger partial charge in [-0.1, -0.05) is 36.4 Å². The topological polar surface area (TPSA) is 102 Å². The molecule has 2 heterocycles. The molecule has 164 valence electrons. The average molecular weight is 443 g/mol. The monoisotopic (exact) mass is 443 g/mol. The molecular weight excluding hydrogens is 427 g/mol. The van der Waals surface area contributed by atoms with Gasteiger partial charge in [-0.25, -0.2) is 14.8 Å². The maximum absolute atomic E-state index is 13.5. The van der Waals surface area contributed by atoms with E-state index in [2.05, 4.69) is 20.3 Å². The first-order chi connectivity index (χ1) is 15.3. The first-order valence-corrected chi connectivity index (χ1v) is 9.32. The molecule has 0 aliphatic rings. The smallest absolute Gasteiger partial charge is 0.417 e. The number of amides is 1. The van der Waals surface area contributed by atoms with Gasteiger partial charge in [-0.15, -0.1) is 0 Å². The van der Waals surface area contributed by atoms with Crippen molar-refractivity contribution in [3.05, 3.63) is 70.1 Å². The molecule has 0 unspecified atom stereocenters. The van der Waals surface area contributed by atoms with Gasteiger partial charge in [0.25, 0.3) is 0 Å². The van der Waals surface area contributed by atoms with Gasteiger partial charge in [-0.2, -0.15) is 13.2 Å². The highest BCUT2D eigenvalue weighted by Gasteiger charge is 2.34. The molecule has 2 aromatic heterocycles. The maximum Gasteiger partial charge on any atom is 0.417 e. The van der Waals surface area contributed by atoms with Crippen molar-refractivity contribution in [3.8, 4) is 17.1 Å². The van der Waals surface area contributed by atoms with Crippen LogP contribution >= 0.6 is 0 Å². The summed E-state index contributed by atoms with van der Waals surface area (Å²) < 4.78 is 47.2. The van der Waals surface area contributed by atoms with E-state index in [4.69, 9.17) is 4.74 Å². The van der Waals surface area contributed by atoms with Crippen molar-refractivity contribution in [1.29, 1.82) is 0 Å². The van der Waals surface area contributed by atoms with E-state index >= 15 is 0 Å². The minimum absolute atomic E-state index is 0.0285. The summed E-state index contributed by atoms with van der Waals surface area (Å²) in [5.41, 5.74) is -1.02. The summed E-state index contributed by atoms with van der Waals surface area (Å²) in [5, 5.41) is 2.32. The number of carbonyl (C=O) groups excluding carboxylic acids is 1. The van der Waals surface area contributed by atoms with E-state index in [9.17, 15) is 22.8 Å². The van der Waals surface area contributed by atoms with Gasteiger partial charge in [0.05, 0.1) is 19.2 Å². The molecule has 0 aliphatic carbocycles. The Morgan fingerprint density at radius 2 is 1.84 bits per heavy atom. The lowest BCUT2D eigenvalue weighted by Crippen LogP contribution is -2.18. The summed E-state index contributed by atoms with van der Waals surface area (Å²) in [6.45, 7) is 0.0285. The van der Waals surface area contributed by atoms with Crippen LogP contribution in [-0.4, -0.2) is 33.0 Å². The van der Waals surface area contributed by atoms with Crippen LogP contribution in [0.3, 0.4) is 0 Å². The summed E-state index contributed by atoms with van der Waals surface area (Å²) in [6.07, 6.45) is -4.33. The molecule has 0 radical (unpaired) electrons. The number of nitrogens with zero attached hydrogens (tertiary/aromatic N) is 3. The molecule has 0 atom stereocenters. The van der Waals surface area contributed by atoms with Crippen LogP contribution in [0.25, 0.3) is 22.6 Å². The molecule has 32 heavy (non-hydrogen) atoms. The zero-order valence-electron chi connectivity index (χ0n) is 16.6. The number of benzene rings is 2. The van der Waals surface area contributed by atoms with Crippen LogP contribution in [0.5, 0.6) is 5.75 Å². The van der Waals surface area contributed by atoms with Crippen LogP contribution in [0.1, 0.15) is 11.1 Å². The van der Waals surface area contributed by atoms with Crippen molar-refractivity contribution >= 4 is 23.4 Å². The second-order valence-corrected chi connectivity index (χ2v) is 6.73. The van der Waals surface area contributed by atoms with Gasteiger partial charge in [-0.05, 0) is 12.1 Å². The summed E-state index contributed by atoms with van der Waals surface area (Å²) in [4.78, 5) is 34.7. The van der Waals surface area contributed by atoms with Gasteiger partial charge in [0.2, 0.25) is 6.41 Å². The molecule has 8 nitrogen and oxygen atoms in total. The normalized spacial score (nSPS) is 11.5. The number of H-pyrrole nitrogens is 1. The fourth-order valence-corrected chi connectivity index (χ4v) is 3.39. The fraction of sp³-hybridized carbons (Fsp3) is 0.143. The van der Waals surface area contributed by atoms with Gasteiger partial charge in [-0.3, -0.25) is 9.36 Å². The number of carbonyl (C=O) groups is 1. The maximum atomic E-state index is 13.5. The Morgan fingerprint density at radius 3 is 2.56 bits per heavy atom. The lowest BCUT2D eigenvalue weighted by Gasteiger charge is -2.13. The number of para-hydroxylation sites is 1. The molecule has 4 aromatic rings. The predicted octanol–water partition coefficient (Wildman–Crippen LogP) is 3.43. The highest BCUT2D eigenvalue weighted by Crippen LogP contribution is 2.36. The Bertz CT molecular complexity index is 1360. The number of ether oxygens (including phenoxy) is 1. The third-order valence-electron chi connectivity index (χ3n) is 4.81. The Balaban J connectivity index is 1.96. The Hall–Kier alpha value is -4.15. The highest BCUT2D eigenvalue weighted by molar-refractivity contribution is 5.90. The number of imidazole rings is 1. The van der Waals surface area contributed by atoms with Crippen LogP contribution in [0.2, 0.25) is 0 Å². The van der Waals surface area contributed by atoms with Gasteiger partial charge in [0, 0.05) is 11.1 Å². The summed E-state index contributed by atoms with van der Waals surface area (Å²) in [5.74, 6) is 0.118. The van der Waals surface area contributed by atoms with Crippen LogP contribution < -0.4 is 15.7 Å². The quantitative estimate of drug-likeness (QED) is 0.445.